The SMILES string of the molecule is CNc1nc(-c2cc(OC)ccc2Br)nc2c1CCC2. The Hall–Kier alpha value is -1.62. The minimum absolute atomic E-state index is 0.737. The highest BCUT2D eigenvalue weighted by Gasteiger charge is 2.20. The molecule has 5 heteroatoms. The zero-order valence-electron chi connectivity index (χ0n) is 11.5. The Morgan fingerprint density at radius 3 is 2.85 bits per heavy atom. The second kappa shape index (κ2) is 5.40. The fourth-order valence-corrected chi connectivity index (χ4v) is 2.99. The first-order chi connectivity index (χ1) is 9.72. The molecule has 0 unspecified atom stereocenters. The molecule has 104 valence electrons. The molecule has 1 aliphatic rings. The van der Waals surface area contributed by atoms with Crippen molar-refractivity contribution < 1.29 is 4.74 Å². The molecule has 20 heavy (non-hydrogen) atoms. The Bertz CT molecular complexity index is 658. The molecule has 3 rings (SSSR count). The Labute approximate surface area is 126 Å². The molecule has 2 aromatic rings. The lowest BCUT2D eigenvalue weighted by atomic mass is 10.1. The molecule has 0 bridgehead atoms. The van der Waals surface area contributed by atoms with Crippen LogP contribution in [0.1, 0.15) is 17.7 Å². The van der Waals surface area contributed by atoms with Gasteiger partial charge in [-0.15, -0.1) is 0 Å². The van der Waals surface area contributed by atoms with Gasteiger partial charge in [-0.25, -0.2) is 9.97 Å². The topological polar surface area (TPSA) is 47.0 Å². The molecule has 0 saturated heterocycles. The van der Waals surface area contributed by atoms with E-state index in [0.29, 0.717) is 0 Å². The lowest BCUT2D eigenvalue weighted by Crippen LogP contribution is -2.03. The minimum Gasteiger partial charge on any atom is -0.497 e. The van der Waals surface area contributed by atoms with E-state index in [9.17, 15) is 0 Å². The summed E-state index contributed by atoms with van der Waals surface area (Å²) in [5.41, 5.74) is 3.37. The van der Waals surface area contributed by atoms with E-state index in [4.69, 9.17) is 9.72 Å². The quantitative estimate of drug-likeness (QED) is 0.934. The van der Waals surface area contributed by atoms with Gasteiger partial charge in [0.25, 0.3) is 0 Å². The maximum atomic E-state index is 5.29. The second-order valence-corrected chi connectivity index (χ2v) is 5.62. The number of hydrogen-bond acceptors (Lipinski definition) is 4. The Morgan fingerprint density at radius 1 is 1.25 bits per heavy atom. The maximum Gasteiger partial charge on any atom is 0.163 e. The fraction of sp³-hybridized carbons (Fsp3) is 0.333. The summed E-state index contributed by atoms with van der Waals surface area (Å²) in [5, 5.41) is 3.19. The largest absolute Gasteiger partial charge is 0.497 e. The first-order valence-corrected chi connectivity index (χ1v) is 7.43. The van der Waals surface area contributed by atoms with Crippen molar-refractivity contribution in [2.24, 2.45) is 0 Å². The molecule has 0 aliphatic heterocycles. The van der Waals surface area contributed by atoms with Gasteiger partial charge in [0.15, 0.2) is 5.82 Å². The molecule has 1 heterocycles. The average molecular weight is 334 g/mol. The number of methoxy groups -OCH3 is 1. The number of ether oxygens (including phenoxy) is 1. The average Bonchev–Trinajstić information content (AvgIpc) is 2.95. The minimum atomic E-state index is 0.737. The number of benzene rings is 1. The molecular formula is C15H16BrN3O. The van der Waals surface area contributed by atoms with Crippen LogP contribution < -0.4 is 10.1 Å². The smallest absolute Gasteiger partial charge is 0.163 e. The third-order valence-corrected chi connectivity index (χ3v) is 4.28. The van der Waals surface area contributed by atoms with Crippen LogP contribution in [0, 0.1) is 0 Å². The number of nitrogens with zero attached hydrogens (tertiary/aromatic N) is 2. The molecule has 0 fully saturated rings. The van der Waals surface area contributed by atoms with Gasteiger partial charge in [-0.2, -0.15) is 0 Å². The van der Waals surface area contributed by atoms with Gasteiger partial charge in [-0.05, 0) is 37.5 Å². The molecule has 4 nitrogen and oxygen atoms in total. The van der Waals surface area contributed by atoms with Crippen molar-refractivity contribution in [2.75, 3.05) is 19.5 Å². The number of nitrogens with one attached hydrogen (secondary N) is 1. The predicted molar refractivity (Wildman–Crippen MR) is 83.3 cm³/mol. The fourth-order valence-electron chi connectivity index (χ4n) is 2.56. The van der Waals surface area contributed by atoms with Gasteiger partial charge < -0.3 is 10.1 Å². The lowest BCUT2D eigenvalue weighted by Gasteiger charge is -2.11. The van der Waals surface area contributed by atoms with Crippen LogP contribution >= 0.6 is 15.9 Å². The summed E-state index contributed by atoms with van der Waals surface area (Å²) < 4.78 is 6.26. The third-order valence-electron chi connectivity index (χ3n) is 3.58. The Morgan fingerprint density at radius 2 is 2.10 bits per heavy atom. The summed E-state index contributed by atoms with van der Waals surface area (Å²) in [6.07, 6.45) is 3.24. The van der Waals surface area contributed by atoms with E-state index >= 15 is 0 Å². The van der Waals surface area contributed by atoms with Crippen molar-refractivity contribution in [1.82, 2.24) is 9.97 Å². The van der Waals surface area contributed by atoms with Crippen molar-refractivity contribution in [2.45, 2.75) is 19.3 Å². The number of fused-ring (bicyclic) bond motifs is 1. The number of aromatic nitrogens is 2. The first kappa shape index (κ1) is 13.4. The molecule has 0 saturated carbocycles. The van der Waals surface area contributed by atoms with Crippen molar-refractivity contribution in [3.8, 4) is 17.1 Å². The van der Waals surface area contributed by atoms with E-state index in [1.54, 1.807) is 7.11 Å². The molecule has 0 atom stereocenters. The van der Waals surface area contributed by atoms with Crippen LogP contribution in [0.15, 0.2) is 22.7 Å². The van der Waals surface area contributed by atoms with Crippen molar-refractivity contribution in [3.05, 3.63) is 33.9 Å². The van der Waals surface area contributed by atoms with Gasteiger partial charge in [-0.3, -0.25) is 0 Å². The number of aryl methyl sites for hydroxylation is 1. The number of anilines is 1. The van der Waals surface area contributed by atoms with Crippen molar-refractivity contribution in [3.63, 3.8) is 0 Å². The maximum absolute atomic E-state index is 5.29. The zero-order valence-corrected chi connectivity index (χ0v) is 13.1. The van der Waals surface area contributed by atoms with Gasteiger partial charge in [0.05, 0.1) is 7.11 Å². The molecule has 1 N–H and O–H groups in total. The van der Waals surface area contributed by atoms with Crippen LogP contribution in [0.4, 0.5) is 5.82 Å². The van der Waals surface area contributed by atoms with Crippen LogP contribution in [0.5, 0.6) is 5.75 Å². The molecule has 1 aliphatic carbocycles. The summed E-state index contributed by atoms with van der Waals surface area (Å²) >= 11 is 3.57. The van der Waals surface area contributed by atoms with E-state index in [1.165, 1.54) is 5.56 Å². The van der Waals surface area contributed by atoms with E-state index in [2.05, 4.69) is 26.2 Å². The van der Waals surface area contributed by atoms with Gasteiger partial charge in [0, 0.05) is 28.3 Å². The second-order valence-electron chi connectivity index (χ2n) is 4.77. The van der Waals surface area contributed by atoms with E-state index < -0.39 is 0 Å². The molecule has 1 aromatic carbocycles. The molecule has 1 aromatic heterocycles. The highest BCUT2D eigenvalue weighted by atomic mass is 79.9. The highest BCUT2D eigenvalue weighted by molar-refractivity contribution is 9.10. The number of rotatable bonds is 3. The molecule has 0 radical (unpaired) electrons. The van der Waals surface area contributed by atoms with E-state index in [-0.39, 0.29) is 0 Å². The van der Waals surface area contributed by atoms with Crippen LogP contribution in [0.3, 0.4) is 0 Å². The van der Waals surface area contributed by atoms with Gasteiger partial charge in [0.1, 0.15) is 11.6 Å². The normalized spacial score (nSPS) is 13.2. The predicted octanol–water partition coefficient (Wildman–Crippen LogP) is 3.45. The van der Waals surface area contributed by atoms with E-state index in [0.717, 1.165) is 52.4 Å². The summed E-state index contributed by atoms with van der Waals surface area (Å²) in [4.78, 5) is 9.39. The van der Waals surface area contributed by atoms with Gasteiger partial charge >= 0.3 is 0 Å². The van der Waals surface area contributed by atoms with Crippen LogP contribution in [-0.2, 0) is 12.8 Å². The monoisotopic (exact) mass is 333 g/mol. The third kappa shape index (κ3) is 2.26. The first-order valence-electron chi connectivity index (χ1n) is 6.64. The van der Waals surface area contributed by atoms with Crippen molar-refractivity contribution >= 4 is 21.7 Å². The summed E-state index contributed by atoms with van der Waals surface area (Å²) in [6.45, 7) is 0. The van der Waals surface area contributed by atoms with Crippen LogP contribution in [-0.4, -0.2) is 24.1 Å². The number of hydrogen-bond donors (Lipinski definition) is 1. The number of halogens is 1. The summed E-state index contributed by atoms with van der Waals surface area (Å²) in [7, 11) is 3.57. The Balaban J connectivity index is 2.15. The highest BCUT2D eigenvalue weighted by Crippen LogP contribution is 2.33. The Kier molecular flexibility index (Phi) is 3.61. The molecular weight excluding hydrogens is 318 g/mol. The van der Waals surface area contributed by atoms with Crippen molar-refractivity contribution in [1.29, 1.82) is 0 Å². The molecule has 0 spiro atoms. The van der Waals surface area contributed by atoms with E-state index in [1.807, 2.05) is 25.2 Å². The lowest BCUT2D eigenvalue weighted by molar-refractivity contribution is 0.415. The van der Waals surface area contributed by atoms with Crippen LogP contribution in [0.25, 0.3) is 11.4 Å². The van der Waals surface area contributed by atoms with Gasteiger partial charge in [0.2, 0.25) is 0 Å². The standard InChI is InChI=1S/C15H16BrN3O/c1-17-14-10-4-3-5-13(10)18-15(19-14)11-8-9(20-2)6-7-12(11)16/h6-8H,3-5H2,1-2H3,(H,17,18,19). The summed E-state index contributed by atoms with van der Waals surface area (Å²) in [5.74, 6) is 2.48. The zero-order chi connectivity index (χ0) is 14.1. The van der Waals surface area contributed by atoms with Gasteiger partial charge in [-0.1, -0.05) is 15.9 Å². The molecule has 0 amide bonds. The summed E-state index contributed by atoms with van der Waals surface area (Å²) in [6, 6.07) is 5.84. The van der Waals surface area contributed by atoms with Crippen LogP contribution in [0.2, 0.25) is 0 Å².